The molecule has 0 spiro atoms. The summed E-state index contributed by atoms with van der Waals surface area (Å²) in [6.07, 6.45) is 0.341. The van der Waals surface area contributed by atoms with Crippen molar-refractivity contribution in [2.45, 2.75) is 13.3 Å². The molecule has 0 radical (unpaired) electrons. The van der Waals surface area contributed by atoms with Gasteiger partial charge >= 0.3 is 0 Å². The number of halogens is 1. The molecule has 1 rings (SSSR count). The van der Waals surface area contributed by atoms with Crippen molar-refractivity contribution in [1.82, 2.24) is 5.32 Å². The van der Waals surface area contributed by atoms with Gasteiger partial charge in [0.25, 0.3) is 0 Å². The number of hydrogen-bond acceptors (Lipinski definition) is 2. The number of carbonyl (C=O) groups excluding carboxylic acids is 1. The Balaban J connectivity index is 2.23. The molecule has 0 aliphatic heterocycles. The van der Waals surface area contributed by atoms with Crippen molar-refractivity contribution in [2.75, 3.05) is 13.2 Å². The van der Waals surface area contributed by atoms with E-state index in [0.29, 0.717) is 19.6 Å². The van der Waals surface area contributed by atoms with E-state index >= 15 is 0 Å². The topological polar surface area (TPSA) is 38.3 Å². The van der Waals surface area contributed by atoms with Crippen LogP contribution in [0, 0.1) is 6.92 Å². The van der Waals surface area contributed by atoms with Crippen molar-refractivity contribution in [1.29, 1.82) is 0 Å². The van der Waals surface area contributed by atoms with Crippen molar-refractivity contribution in [3.8, 4) is 5.75 Å². The summed E-state index contributed by atoms with van der Waals surface area (Å²) in [5.41, 5.74) is 1.14. The highest BCUT2D eigenvalue weighted by Gasteiger charge is 2.01. The van der Waals surface area contributed by atoms with Gasteiger partial charge in [-0.3, -0.25) is 4.79 Å². The smallest absolute Gasteiger partial charge is 0.223 e. The Kier molecular flexibility index (Phi) is 5.77. The molecule has 1 aromatic rings. The standard InChI is InChI=1S/C13H16BrNO2/c1-10-4-3-5-12(8-10)17-7-6-13(16)15-9-11(2)14/h3-5,8H,2,6-7,9H2,1H3,(H,15,16). The van der Waals surface area contributed by atoms with Crippen molar-refractivity contribution in [2.24, 2.45) is 0 Å². The van der Waals surface area contributed by atoms with E-state index in [4.69, 9.17) is 4.74 Å². The summed E-state index contributed by atoms with van der Waals surface area (Å²) < 4.78 is 6.22. The highest BCUT2D eigenvalue weighted by molar-refractivity contribution is 9.11. The number of rotatable bonds is 6. The van der Waals surface area contributed by atoms with E-state index in [-0.39, 0.29) is 5.91 Å². The molecule has 92 valence electrons. The fourth-order valence-electron chi connectivity index (χ4n) is 1.25. The maximum atomic E-state index is 11.4. The molecular formula is C13H16BrNO2. The number of aryl methyl sites for hydroxylation is 1. The minimum absolute atomic E-state index is 0.0433. The Morgan fingerprint density at radius 1 is 1.53 bits per heavy atom. The molecule has 0 saturated heterocycles. The maximum absolute atomic E-state index is 11.4. The first-order chi connectivity index (χ1) is 8.08. The van der Waals surface area contributed by atoms with Crippen LogP contribution in [0.4, 0.5) is 0 Å². The molecule has 17 heavy (non-hydrogen) atoms. The van der Waals surface area contributed by atoms with E-state index < -0.39 is 0 Å². The Hall–Kier alpha value is -1.29. The Labute approximate surface area is 110 Å². The summed E-state index contributed by atoms with van der Waals surface area (Å²) in [6, 6.07) is 7.75. The third-order valence-electron chi connectivity index (χ3n) is 2.06. The monoisotopic (exact) mass is 297 g/mol. The van der Waals surface area contributed by atoms with Crippen LogP contribution in [0.2, 0.25) is 0 Å². The minimum atomic E-state index is -0.0433. The zero-order valence-electron chi connectivity index (χ0n) is 9.83. The normalized spacial score (nSPS) is 9.76. The molecule has 0 atom stereocenters. The quantitative estimate of drug-likeness (QED) is 0.877. The van der Waals surface area contributed by atoms with Crippen LogP contribution in [0.1, 0.15) is 12.0 Å². The lowest BCUT2D eigenvalue weighted by atomic mass is 10.2. The van der Waals surface area contributed by atoms with Crippen LogP contribution in [-0.4, -0.2) is 19.1 Å². The van der Waals surface area contributed by atoms with E-state index in [1.807, 2.05) is 31.2 Å². The van der Waals surface area contributed by atoms with E-state index in [0.717, 1.165) is 15.8 Å². The second-order valence-electron chi connectivity index (χ2n) is 3.71. The first kappa shape index (κ1) is 13.8. The van der Waals surface area contributed by atoms with E-state index in [9.17, 15) is 4.79 Å². The Morgan fingerprint density at radius 3 is 2.94 bits per heavy atom. The molecule has 3 nitrogen and oxygen atoms in total. The fourth-order valence-corrected chi connectivity index (χ4v) is 1.39. The van der Waals surface area contributed by atoms with Gasteiger partial charge in [-0.15, -0.1) is 0 Å². The lowest BCUT2D eigenvalue weighted by molar-refractivity contribution is -0.121. The predicted molar refractivity (Wildman–Crippen MR) is 72.4 cm³/mol. The first-order valence-electron chi connectivity index (χ1n) is 5.37. The predicted octanol–water partition coefficient (Wildman–Crippen LogP) is 2.79. The highest BCUT2D eigenvalue weighted by atomic mass is 79.9. The van der Waals surface area contributed by atoms with E-state index in [1.54, 1.807) is 0 Å². The number of amides is 1. The summed E-state index contributed by atoms with van der Waals surface area (Å²) in [7, 11) is 0. The van der Waals surface area contributed by atoms with Crippen LogP contribution in [0.3, 0.4) is 0 Å². The SMILES string of the molecule is C=C(Br)CNC(=O)CCOc1cccc(C)c1. The first-order valence-corrected chi connectivity index (χ1v) is 6.16. The zero-order valence-corrected chi connectivity index (χ0v) is 11.4. The van der Waals surface area contributed by atoms with Gasteiger partial charge in [0.05, 0.1) is 13.0 Å². The molecule has 4 heteroatoms. The van der Waals surface area contributed by atoms with Gasteiger partial charge in [-0.25, -0.2) is 0 Å². The van der Waals surface area contributed by atoms with Crippen LogP contribution in [-0.2, 0) is 4.79 Å². The van der Waals surface area contributed by atoms with Gasteiger partial charge < -0.3 is 10.1 Å². The van der Waals surface area contributed by atoms with Gasteiger partial charge in [-0.1, -0.05) is 34.6 Å². The summed E-state index contributed by atoms with van der Waals surface area (Å²) in [5.74, 6) is 0.751. The van der Waals surface area contributed by atoms with Gasteiger partial charge in [0.15, 0.2) is 0 Å². The highest BCUT2D eigenvalue weighted by Crippen LogP contribution is 2.12. The molecule has 1 aromatic carbocycles. The second kappa shape index (κ2) is 7.12. The van der Waals surface area contributed by atoms with Gasteiger partial charge in [0.2, 0.25) is 5.91 Å². The minimum Gasteiger partial charge on any atom is -0.493 e. The zero-order chi connectivity index (χ0) is 12.7. The molecule has 0 aliphatic carbocycles. The number of ether oxygens (including phenoxy) is 1. The number of nitrogens with one attached hydrogen (secondary N) is 1. The molecule has 0 heterocycles. The molecular weight excluding hydrogens is 282 g/mol. The summed E-state index contributed by atoms with van der Waals surface area (Å²) in [6.45, 7) is 6.46. The van der Waals surface area contributed by atoms with Crippen molar-refractivity contribution in [3.63, 3.8) is 0 Å². The molecule has 0 unspecified atom stereocenters. The molecule has 1 amide bonds. The molecule has 0 aliphatic rings. The average Bonchev–Trinajstić information content (AvgIpc) is 2.26. The largest absolute Gasteiger partial charge is 0.493 e. The Bertz CT molecular complexity index is 404. The molecule has 0 aromatic heterocycles. The van der Waals surface area contributed by atoms with Crippen molar-refractivity contribution < 1.29 is 9.53 Å². The van der Waals surface area contributed by atoms with Crippen LogP contribution >= 0.6 is 15.9 Å². The molecule has 0 bridgehead atoms. The van der Waals surface area contributed by atoms with E-state index in [1.165, 1.54) is 0 Å². The van der Waals surface area contributed by atoms with Gasteiger partial charge in [-0.2, -0.15) is 0 Å². The van der Waals surface area contributed by atoms with Crippen LogP contribution in [0.15, 0.2) is 35.3 Å². The van der Waals surface area contributed by atoms with Crippen molar-refractivity contribution >= 4 is 21.8 Å². The van der Waals surface area contributed by atoms with Gasteiger partial charge in [-0.05, 0) is 24.6 Å². The second-order valence-corrected chi connectivity index (χ2v) is 4.83. The van der Waals surface area contributed by atoms with Crippen molar-refractivity contribution in [3.05, 3.63) is 40.9 Å². The van der Waals surface area contributed by atoms with Crippen LogP contribution < -0.4 is 10.1 Å². The van der Waals surface area contributed by atoms with Gasteiger partial charge in [0, 0.05) is 11.0 Å². The van der Waals surface area contributed by atoms with E-state index in [2.05, 4.69) is 27.8 Å². The summed E-state index contributed by atoms with van der Waals surface area (Å²) >= 11 is 3.18. The van der Waals surface area contributed by atoms with Crippen LogP contribution in [0.25, 0.3) is 0 Å². The van der Waals surface area contributed by atoms with Gasteiger partial charge in [0.1, 0.15) is 5.75 Å². The number of benzene rings is 1. The summed E-state index contributed by atoms with van der Waals surface area (Å²) in [5, 5.41) is 2.71. The lowest BCUT2D eigenvalue weighted by Crippen LogP contribution is -2.25. The van der Waals surface area contributed by atoms with Crippen LogP contribution in [0.5, 0.6) is 5.75 Å². The lowest BCUT2D eigenvalue weighted by Gasteiger charge is -2.07. The fraction of sp³-hybridized carbons (Fsp3) is 0.308. The maximum Gasteiger partial charge on any atom is 0.223 e. The number of hydrogen-bond donors (Lipinski definition) is 1. The molecule has 0 fully saturated rings. The third kappa shape index (κ3) is 6.12. The molecule has 0 saturated carbocycles. The molecule has 1 N–H and O–H groups in total. The summed E-state index contributed by atoms with van der Waals surface area (Å²) in [4.78, 5) is 11.4. The third-order valence-corrected chi connectivity index (χ3v) is 2.35. The Morgan fingerprint density at radius 2 is 2.29 bits per heavy atom. The number of carbonyl (C=O) groups is 1. The average molecular weight is 298 g/mol.